The maximum Gasteiger partial charge on any atom is 0.324 e. The lowest BCUT2D eigenvalue weighted by molar-refractivity contribution is 0.209. The molecule has 3 N–H and O–H groups in total. The van der Waals surface area contributed by atoms with Gasteiger partial charge in [0.05, 0.1) is 12.6 Å². The number of anilines is 1. The molecule has 0 saturated carbocycles. The van der Waals surface area contributed by atoms with Gasteiger partial charge >= 0.3 is 6.03 Å². The molecule has 5 heteroatoms. The summed E-state index contributed by atoms with van der Waals surface area (Å²) in [6.45, 7) is 5.43. The Kier molecular flexibility index (Phi) is 4.07. The Balaban J connectivity index is 2.13. The number of hydrogen-bond acceptors (Lipinski definition) is 3. The molecule has 1 aliphatic heterocycles. The number of amides is 2. The van der Waals surface area contributed by atoms with Gasteiger partial charge in [-0.1, -0.05) is 12.1 Å². The van der Waals surface area contributed by atoms with Gasteiger partial charge in [-0.15, -0.1) is 0 Å². The number of hydrogen-bond donors (Lipinski definition) is 2. The number of carbonyl (C=O) groups is 1. The minimum Gasteiger partial charge on any atom is -0.394 e. The van der Waals surface area contributed by atoms with Crippen LogP contribution in [0.1, 0.15) is 25.5 Å². The van der Waals surface area contributed by atoms with Crippen LogP contribution < -0.4 is 10.6 Å². The molecule has 0 aliphatic carbocycles. The second-order valence-corrected chi connectivity index (χ2v) is 5.10. The Hall–Kier alpha value is -1.59. The molecule has 19 heavy (non-hydrogen) atoms. The van der Waals surface area contributed by atoms with Crippen LogP contribution in [0, 0.1) is 0 Å². The van der Waals surface area contributed by atoms with E-state index in [1.165, 1.54) is 0 Å². The minimum atomic E-state index is -0.365. The molecule has 2 rings (SSSR count). The Morgan fingerprint density at radius 1 is 1.26 bits per heavy atom. The van der Waals surface area contributed by atoms with E-state index in [0.29, 0.717) is 6.54 Å². The van der Waals surface area contributed by atoms with E-state index in [9.17, 15) is 4.79 Å². The molecule has 1 aliphatic rings. The quantitative estimate of drug-likeness (QED) is 0.861. The van der Waals surface area contributed by atoms with E-state index in [1.54, 1.807) is 4.90 Å². The summed E-state index contributed by atoms with van der Waals surface area (Å²) in [5, 5.41) is 9.01. The van der Waals surface area contributed by atoms with Gasteiger partial charge in [-0.05, 0) is 31.5 Å². The van der Waals surface area contributed by atoms with E-state index < -0.39 is 0 Å². The highest BCUT2D eigenvalue weighted by atomic mass is 16.3. The summed E-state index contributed by atoms with van der Waals surface area (Å²) in [7, 11) is 0. The fraction of sp³-hybridized carbons (Fsp3) is 0.500. The van der Waals surface area contributed by atoms with Crippen LogP contribution in [-0.2, 0) is 0 Å². The smallest absolute Gasteiger partial charge is 0.324 e. The number of benzene rings is 1. The zero-order valence-corrected chi connectivity index (χ0v) is 11.4. The lowest BCUT2D eigenvalue weighted by Gasteiger charge is -2.22. The summed E-state index contributed by atoms with van der Waals surface area (Å²) in [6, 6.07) is 7.40. The van der Waals surface area contributed by atoms with Crippen molar-refractivity contribution in [3.63, 3.8) is 0 Å². The van der Waals surface area contributed by atoms with Gasteiger partial charge in [-0.2, -0.15) is 0 Å². The van der Waals surface area contributed by atoms with Crippen molar-refractivity contribution in [1.82, 2.24) is 4.90 Å². The molecule has 0 spiro atoms. The van der Waals surface area contributed by atoms with E-state index >= 15 is 0 Å². The van der Waals surface area contributed by atoms with Crippen LogP contribution in [0.3, 0.4) is 0 Å². The first kappa shape index (κ1) is 13.8. The molecule has 1 saturated heterocycles. The van der Waals surface area contributed by atoms with Crippen LogP contribution in [0.4, 0.5) is 10.5 Å². The highest BCUT2D eigenvalue weighted by Crippen LogP contribution is 2.23. The first-order valence-corrected chi connectivity index (χ1v) is 6.59. The van der Waals surface area contributed by atoms with Crippen molar-refractivity contribution in [2.45, 2.75) is 25.9 Å². The number of urea groups is 1. The summed E-state index contributed by atoms with van der Waals surface area (Å²) in [5.74, 6) is 0. The predicted octanol–water partition coefficient (Wildman–Crippen LogP) is 1.33. The van der Waals surface area contributed by atoms with Crippen LogP contribution in [0.15, 0.2) is 24.3 Å². The molecular formula is C14H21N3O2. The van der Waals surface area contributed by atoms with Gasteiger partial charge in [-0.3, -0.25) is 4.90 Å². The van der Waals surface area contributed by atoms with Crippen molar-refractivity contribution < 1.29 is 9.90 Å². The number of nitrogens with zero attached hydrogens (tertiary/aromatic N) is 2. The van der Waals surface area contributed by atoms with Gasteiger partial charge in [0.25, 0.3) is 0 Å². The third-order valence-electron chi connectivity index (χ3n) is 3.49. The maximum absolute atomic E-state index is 12.2. The van der Waals surface area contributed by atoms with E-state index in [4.69, 9.17) is 10.8 Å². The molecule has 2 amide bonds. The SMILES string of the molecule is CC(C)N1CCN(c2ccc(C(N)CO)cc2)C1=O. The van der Waals surface area contributed by atoms with Crippen LogP contribution >= 0.6 is 0 Å². The van der Waals surface area contributed by atoms with Gasteiger partial charge in [0.2, 0.25) is 0 Å². The average molecular weight is 263 g/mol. The zero-order chi connectivity index (χ0) is 14.0. The van der Waals surface area contributed by atoms with Crippen molar-refractivity contribution in [2.24, 2.45) is 5.73 Å². The monoisotopic (exact) mass is 263 g/mol. The largest absolute Gasteiger partial charge is 0.394 e. The highest BCUT2D eigenvalue weighted by Gasteiger charge is 2.30. The Morgan fingerprint density at radius 2 is 1.89 bits per heavy atom. The van der Waals surface area contributed by atoms with Crippen molar-refractivity contribution in [2.75, 3.05) is 24.6 Å². The zero-order valence-electron chi connectivity index (χ0n) is 11.4. The Labute approximate surface area is 113 Å². The summed E-state index contributed by atoms with van der Waals surface area (Å²) in [5.41, 5.74) is 7.50. The van der Waals surface area contributed by atoms with Crippen molar-refractivity contribution >= 4 is 11.7 Å². The van der Waals surface area contributed by atoms with Crippen molar-refractivity contribution in [3.8, 4) is 0 Å². The van der Waals surface area contributed by atoms with E-state index in [-0.39, 0.29) is 24.7 Å². The van der Waals surface area contributed by atoms with Gasteiger partial charge in [-0.25, -0.2) is 4.79 Å². The molecule has 5 nitrogen and oxygen atoms in total. The van der Waals surface area contributed by atoms with E-state index in [2.05, 4.69) is 0 Å². The molecule has 0 aromatic heterocycles. The fourth-order valence-electron chi connectivity index (χ4n) is 2.28. The van der Waals surface area contributed by atoms with Crippen LogP contribution in [-0.4, -0.2) is 41.8 Å². The topological polar surface area (TPSA) is 69.8 Å². The molecule has 1 atom stereocenters. The van der Waals surface area contributed by atoms with Gasteiger partial charge in [0.1, 0.15) is 0 Å². The highest BCUT2D eigenvalue weighted by molar-refractivity contribution is 5.94. The van der Waals surface area contributed by atoms with Crippen molar-refractivity contribution in [1.29, 1.82) is 0 Å². The molecule has 1 unspecified atom stereocenters. The van der Waals surface area contributed by atoms with Gasteiger partial charge in [0.15, 0.2) is 0 Å². The lowest BCUT2D eigenvalue weighted by atomic mass is 10.1. The molecule has 1 aromatic carbocycles. The second kappa shape index (κ2) is 5.59. The predicted molar refractivity (Wildman–Crippen MR) is 75.0 cm³/mol. The second-order valence-electron chi connectivity index (χ2n) is 5.10. The number of aliphatic hydroxyl groups excluding tert-OH is 1. The molecule has 0 radical (unpaired) electrons. The molecule has 1 aromatic rings. The summed E-state index contributed by atoms with van der Waals surface area (Å²) >= 11 is 0. The minimum absolute atomic E-state index is 0.0502. The first-order valence-electron chi connectivity index (χ1n) is 6.59. The first-order chi connectivity index (χ1) is 9.04. The van der Waals surface area contributed by atoms with Crippen LogP contribution in [0.25, 0.3) is 0 Å². The number of carbonyl (C=O) groups excluding carboxylic acids is 1. The molecular weight excluding hydrogens is 242 g/mol. The summed E-state index contributed by atoms with van der Waals surface area (Å²) in [6.07, 6.45) is 0. The summed E-state index contributed by atoms with van der Waals surface area (Å²) < 4.78 is 0. The van der Waals surface area contributed by atoms with Crippen molar-refractivity contribution in [3.05, 3.63) is 29.8 Å². The molecule has 0 bridgehead atoms. The average Bonchev–Trinajstić information content (AvgIpc) is 2.80. The molecule has 1 fully saturated rings. The molecule has 1 heterocycles. The van der Waals surface area contributed by atoms with E-state index in [1.807, 2.05) is 43.0 Å². The Bertz CT molecular complexity index is 445. The fourth-order valence-corrected chi connectivity index (χ4v) is 2.28. The lowest BCUT2D eigenvalue weighted by Crippen LogP contribution is -2.36. The van der Waals surface area contributed by atoms with Crippen LogP contribution in [0.2, 0.25) is 0 Å². The number of rotatable bonds is 4. The van der Waals surface area contributed by atoms with Gasteiger partial charge in [0, 0.05) is 24.8 Å². The van der Waals surface area contributed by atoms with Crippen LogP contribution in [0.5, 0.6) is 0 Å². The van der Waals surface area contributed by atoms with Gasteiger partial charge < -0.3 is 15.7 Å². The summed E-state index contributed by atoms with van der Waals surface area (Å²) in [4.78, 5) is 15.8. The molecule has 104 valence electrons. The van der Waals surface area contributed by atoms with E-state index in [0.717, 1.165) is 17.8 Å². The standard InChI is InChI=1S/C14H21N3O2/c1-10(2)16-7-8-17(14(16)19)12-5-3-11(4-6-12)13(15)9-18/h3-6,10,13,18H,7-9,15H2,1-2H3. The number of aliphatic hydroxyl groups is 1. The third kappa shape index (κ3) is 2.72. The third-order valence-corrected chi connectivity index (χ3v) is 3.49. The Morgan fingerprint density at radius 3 is 2.37 bits per heavy atom. The maximum atomic E-state index is 12.2. The number of nitrogens with two attached hydrogens (primary N) is 1. The normalized spacial score (nSPS) is 17.4.